The van der Waals surface area contributed by atoms with Crippen LogP contribution in [-0.2, 0) is 16.0 Å². The molecule has 3 heterocycles. The van der Waals surface area contributed by atoms with Crippen molar-refractivity contribution >= 4 is 28.9 Å². The zero-order chi connectivity index (χ0) is 28.1. The zero-order valence-corrected chi connectivity index (χ0v) is 23.3. The van der Waals surface area contributed by atoms with Crippen LogP contribution >= 0.6 is 22.9 Å². The van der Waals surface area contributed by atoms with E-state index in [4.69, 9.17) is 30.8 Å². The second-order valence-electron chi connectivity index (χ2n) is 9.17. The number of carbonyl (C=O) groups is 1. The van der Waals surface area contributed by atoms with Gasteiger partial charge in [-0.25, -0.2) is 28.9 Å². The van der Waals surface area contributed by atoms with Gasteiger partial charge in [0.15, 0.2) is 0 Å². The van der Waals surface area contributed by atoms with Crippen LogP contribution in [0.1, 0.15) is 47.5 Å². The molecule has 1 saturated heterocycles. The van der Waals surface area contributed by atoms with Crippen molar-refractivity contribution in [1.82, 2.24) is 19.1 Å². The predicted molar refractivity (Wildman–Crippen MR) is 149 cm³/mol. The highest BCUT2D eigenvalue weighted by Crippen LogP contribution is 2.25. The molecule has 2 aliphatic rings. The Bertz CT molecular complexity index is 1610. The minimum Gasteiger partial charge on any atom is -0.462 e. The summed E-state index contributed by atoms with van der Waals surface area (Å²) in [6.07, 6.45) is 8.46. The summed E-state index contributed by atoms with van der Waals surface area (Å²) in [6.45, 7) is 3.22. The Kier molecular flexibility index (Phi) is 8.78. The van der Waals surface area contributed by atoms with Crippen LogP contribution in [0, 0.1) is 0 Å². The van der Waals surface area contributed by atoms with Crippen molar-refractivity contribution < 1.29 is 19.0 Å². The molecule has 5 rings (SSSR count). The van der Waals surface area contributed by atoms with Crippen molar-refractivity contribution in [3.63, 3.8) is 0 Å². The van der Waals surface area contributed by atoms with E-state index in [0.29, 0.717) is 53.3 Å². The average Bonchev–Trinajstić information content (AvgIpc) is 3.42. The van der Waals surface area contributed by atoms with Gasteiger partial charge in [-0.15, -0.1) is 0 Å². The first-order valence-electron chi connectivity index (χ1n) is 12.9. The SMILES string of the molecule is CCOC(=O)c1cnc(OC2=CCC(/N=c3\[nH]c(=O)n(C4CCOCC4)c(=O)n3Cc3ccc(Cl)cc3)C=C2)s1. The van der Waals surface area contributed by atoms with E-state index in [1.54, 1.807) is 25.1 Å². The van der Waals surface area contributed by atoms with Gasteiger partial charge in [-0.05, 0) is 56.0 Å². The third-order valence-electron chi connectivity index (χ3n) is 6.44. The van der Waals surface area contributed by atoms with Crippen LogP contribution in [0.15, 0.2) is 69.0 Å². The second kappa shape index (κ2) is 12.6. The van der Waals surface area contributed by atoms with Gasteiger partial charge in [0, 0.05) is 24.3 Å². The molecule has 1 N–H and O–H groups in total. The fourth-order valence-corrected chi connectivity index (χ4v) is 5.24. The van der Waals surface area contributed by atoms with Crippen molar-refractivity contribution in [3.8, 4) is 5.19 Å². The standard InChI is InChI=1S/C27H28ClN5O6S/c1-2-38-23(34)22-15-29-26(40-22)39-21-9-7-19(8-10-21)30-24-31-25(35)33(20-11-13-37-14-12-20)27(36)32(24)16-17-3-5-18(28)6-4-17/h3-7,9-10,15,19-20H,2,8,11-14,16H2,1H3,(H,30,31,35). The topological polar surface area (TPSA) is 130 Å². The number of thiazole rings is 1. The maximum atomic E-state index is 13.7. The lowest BCUT2D eigenvalue weighted by Crippen LogP contribution is -2.52. The number of rotatable bonds is 8. The Hall–Kier alpha value is -3.74. The first-order valence-corrected chi connectivity index (χ1v) is 14.1. The van der Waals surface area contributed by atoms with E-state index in [0.717, 1.165) is 16.9 Å². The van der Waals surface area contributed by atoms with Crippen LogP contribution < -0.4 is 21.7 Å². The molecule has 1 unspecified atom stereocenters. The van der Waals surface area contributed by atoms with Crippen LogP contribution in [0.25, 0.3) is 0 Å². The molecule has 0 spiro atoms. The number of hydrogen-bond acceptors (Lipinski definition) is 9. The Morgan fingerprint density at radius 2 is 2.02 bits per heavy atom. The van der Waals surface area contributed by atoms with Gasteiger partial charge in [-0.1, -0.05) is 41.1 Å². The number of esters is 1. The molecule has 1 aromatic carbocycles. The molecule has 0 saturated carbocycles. The highest BCUT2D eigenvalue weighted by molar-refractivity contribution is 7.15. The number of ether oxygens (including phenoxy) is 3. The molecular weight excluding hydrogens is 558 g/mol. The van der Waals surface area contributed by atoms with E-state index in [2.05, 4.69) is 9.97 Å². The largest absolute Gasteiger partial charge is 0.462 e. The van der Waals surface area contributed by atoms with Crippen LogP contribution in [0.5, 0.6) is 5.19 Å². The highest BCUT2D eigenvalue weighted by atomic mass is 35.5. The van der Waals surface area contributed by atoms with E-state index in [1.165, 1.54) is 15.3 Å². The molecule has 1 atom stereocenters. The number of hydrogen-bond donors (Lipinski definition) is 1. The summed E-state index contributed by atoms with van der Waals surface area (Å²) in [5, 5.41) is 0.906. The van der Waals surface area contributed by atoms with Crippen LogP contribution in [-0.4, -0.2) is 50.9 Å². The van der Waals surface area contributed by atoms with Crippen LogP contribution in [0.2, 0.25) is 5.02 Å². The smallest absolute Gasteiger partial charge is 0.350 e. The molecule has 13 heteroatoms. The molecule has 0 radical (unpaired) electrons. The Labute approximate surface area is 238 Å². The zero-order valence-electron chi connectivity index (χ0n) is 21.7. The lowest BCUT2D eigenvalue weighted by Gasteiger charge is -2.24. The molecular formula is C27H28ClN5O6S. The predicted octanol–water partition coefficient (Wildman–Crippen LogP) is 3.22. The lowest BCUT2D eigenvalue weighted by atomic mass is 10.1. The van der Waals surface area contributed by atoms with Crippen LogP contribution in [0.3, 0.4) is 0 Å². The lowest BCUT2D eigenvalue weighted by molar-refractivity contribution is 0.0531. The Morgan fingerprint density at radius 3 is 2.73 bits per heavy atom. The maximum Gasteiger partial charge on any atom is 0.350 e. The molecule has 210 valence electrons. The van der Waals surface area contributed by atoms with Gasteiger partial charge in [-0.3, -0.25) is 9.55 Å². The van der Waals surface area contributed by atoms with E-state index >= 15 is 0 Å². The monoisotopic (exact) mass is 585 g/mol. The van der Waals surface area contributed by atoms with Crippen molar-refractivity contribution in [2.75, 3.05) is 19.8 Å². The first kappa shape index (κ1) is 27.8. The van der Waals surface area contributed by atoms with E-state index < -0.39 is 17.3 Å². The van der Waals surface area contributed by atoms with Gasteiger partial charge in [-0.2, -0.15) is 0 Å². The minimum atomic E-state index is -0.497. The van der Waals surface area contributed by atoms with Gasteiger partial charge in [0.1, 0.15) is 10.6 Å². The van der Waals surface area contributed by atoms with Gasteiger partial charge < -0.3 is 14.2 Å². The maximum absolute atomic E-state index is 13.7. The number of aromatic nitrogens is 4. The van der Waals surface area contributed by atoms with Gasteiger partial charge in [0.2, 0.25) is 5.62 Å². The van der Waals surface area contributed by atoms with Crippen molar-refractivity contribution in [2.24, 2.45) is 4.99 Å². The second-order valence-corrected chi connectivity index (χ2v) is 10.6. The summed E-state index contributed by atoms with van der Waals surface area (Å²) in [6, 6.07) is 6.59. The van der Waals surface area contributed by atoms with E-state index in [9.17, 15) is 14.4 Å². The molecule has 2 aromatic heterocycles. The molecule has 1 fully saturated rings. The summed E-state index contributed by atoms with van der Waals surface area (Å²) in [7, 11) is 0. The van der Waals surface area contributed by atoms with E-state index in [1.807, 2.05) is 24.3 Å². The minimum absolute atomic E-state index is 0.180. The third kappa shape index (κ3) is 6.52. The fraction of sp³-hybridized carbons (Fsp3) is 0.370. The normalized spacial score (nSPS) is 18.0. The van der Waals surface area contributed by atoms with Crippen molar-refractivity contribution in [3.05, 3.63) is 96.5 Å². The fourth-order valence-electron chi connectivity index (χ4n) is 4.43. The molecule has 0 bridgehead atoms. The molecule has 40 heavy (non-hydrogen) atoms. The first-order chi connectivity index (χ1) is 19.4. The summed E-state index contributed by atoms with van der Waals surface area (Å²) >= 11 is 7.14. The summed E-state index contributed by atoms with van der Waals surface area (Å²) < 4.78 is 19.0. The number of carbonyl (C=O) groups excluding carboxylic acids is 1. The van der Waals surface area contributed by atoms with Gasteiger partial charge >= 0.3 is 17.3 Å². The number of halogens is 1. The average molecular weight is 586 g/mol. The number of benzene rings is 1. The quantitative estimate of drug-likeness (QED) is 0.402. The number of allylic oxidation sites excluding steroid dienone is 1. The Balaban J connectivity index is 1.40. The summed E-state index contributed by atoms with van der Waals surface area (Å²) in [4.78, 5) is 50.6. The molecule has 3 aromatic rings. The molecule has 0 amide bonds. The molecule has 1 aliphatic heterocycles. The molecule has 11 nitrogen and oxygen atoms in total. The number of nitrogens with one attached hydrogen (secondary N) is 1. The molecule has 1 aliphatic carbocycles. The third-order valence-corrected chi connectivity index (χ3v) is 7.54. The highest BCUT2D eigenvalue weighted by Gasteiger charge is 2.22. The van der Waals surface area contributed by atoms with Gasteiger partial charge in [0.25, 0.3) is 5.19 Å². The summed E-state index contributed by atoms with van der Waals surface area (Å²) in [5.41, 5.74) is 0.0991. The van der Waals surface area contributed by atoms with Crippen molar-refractivity contribution in [1.29, 1.82) is 0 Å². The number of nitrogens with zero attached hydrogens (tertiary/aromatic N) is 4. The van der Waals surface area contributed by atoms with Crippen LogP contribution in [0.4, 0.5) is 0 Å². The Morgan fingerprint density at radius 1 is 1.25 bits per heavy atom. The number of aromatic amines is 1. The van der Waals surface area contributed by atoms with Gasteiger partial charge in [0.05, 0.1) is 25.4 Å². The van der Waals surface area contributed by atoms with Crippen molar-refractivity contribution in [2.45, 2.75) is 44.8 Å². The summed E-state index contributed by atoms with van der Waals surface area (Å²) in [5.74, 6) is 0.107. The number of H-pyrrole nitrogens is 1. The van der Waals surface area contributed by atoms with E-state index in [-0.39, 0.29) is 30.9 Å².